The van der Waals surface area contributed by atoms with E-state index in [0.29, 0.717) is 27.8 Å². The molecule has 0 aliphatic carbocycles. The molecule has 2 N–H and O–H groups in total. The summed E-state index contributed by atoms with van der Waals surface area (Å²) < 4.78 is 16.2. The van der Waals surface area contributed by atoms with Gasteiger partial charge in [-0.1, -0.05) is 53.5 Å². The molecule has 0 saturated heterocycles. The number of carbonyl (C=O) groups is 2. The number of amides is 2. The minimum atomic E-state index is -0.934. The molecule has 2 amide bonds. The number of nitrogens with one attached hydrogen (secondary N) is 2. The Hall–Kier alpha value is -3.75. The lowest BCUT2D eigenvalue weighted by Gasteiger charge is -2.21. The molecule has 0 bridgehead atoms. The summed E-state index contributed by atoms with van der Waals surface area (Å²) >= 11 is 12.1. The average molecular weight is 544 g/mol. The molecule has 0 unspecified atom stereocenters. The van der Waals surface area contributed by atoms with Crippen LogP contribution in [-0.2, 0) is 16.0 Å². The Bertz CT molecular complexity index is 1250. The summed E-state index contributed by atoms with van der Waals surface area (Å²) in [6, 6.07) is 18.3. The van der Waals surface area contributed by atoms with Gasteiger partial charge in [0.1, 0.15) is 23.3 Å². The molecular weight excluding hydrogens is 517 g/mol. The van der Waals surface area contributed by atoms with E-state index in [4.69, 9.17) is 37.4 Å². The maximum absolute atomic E-state index is 13.0. The topological polar surface area (TPSA) is 98.2 Å². The first-order valence-electron chi connectivity index (χ1n) is 11.3. The average Bonchev–Trinajstić information content (AvgIpc) is 2.90. The van der Waals surface area contributed by atoms with Crippen LogP contribution in [0.25, 0.3) is 0 Å². The van der Waals surface area contributed by atoms with E-state index in [1.54, 1.807) is 44.4 Å². The number of hydrogen-bond acceptors (Lipinski definition) is 6. The Balaban J connectivity index is 1.71. The molecule has 0 aliphatic rings. The molecule has 37 heavy (non-hydrogen) atoms. The number of hydrazone groups is 1. The number of benzene rings is 3. The van der Waals surface area contributed by atoms with Crippen LogP contribution >= 0.6 is 23.2 Å². The first-order chi connectivity index (χ1) is 17.8. The third-order valence-corrected chi connectivity index (χ3v) is 5.83. The van der Waals surface area contributed by atoms with E-state index in [9.17, 15) is 9.59 Å². The van der Waals surface area contributed by atoms with Gasteiger partial charge in [0, 0.05) is 23.1 Å². The predicted molar refractivity (Wildman–Crippen MR) is 144 cm³/mol. The molecule has 0 fully saturated rings. The lowest BCUT2D eigenvalue weighted by Crippen LogP contribution is -2.50. The van der Waals surface area contributed by atoms with E-state index in [-0.39, 0.29) is 11.4 Å². The number of rotatable bonds is 11. The highest BCUT2D eigenvalue weighted by Gasteiger charge is 2.25. The molecule has 10 heteroatoms. The predicted octanol–water partition coefficient (Wildman–Crippen LogP) is 4.66. The van der Waals surface area contributed by atoms with Crippen molar-refractivity contribution in [2.24, 2.45) is 5.10 Å². The molecule has 3 aromatic carbocycles. The van der Waals surface area contributed by atoms with Crippen molar-refractivity contribution in [2.75, 3.05) is 14.2 Å². The van der Waals surface area contributed by atoms with Gasteiger partial charge in [0.15, 0.2) is 6.10 Å². The summed E-state index contributed by atoms with van der Waals surface area (Å²) in [5.74, 6) is 0.453. The number of hydrogen-bond donors (Lipinski definition) is 2. The van der Waals surface area contributed by atoms with Gasteiger partial charge in [-0.3, -0.25) is 9.59 Å². The summed E-state index contributed by atoms with van der Waals surface area (Å²) in [6.45, 7) is 1.56. The van der Waals surface area contributed by atoms with E-state index in [1.165, 1.54) is 19.4 Å². The Morgan fingerprint density at radius 3 is 2.38 bits per heavy atom. The first-order valence-corrected chi connectivity index (χ1v) is 12.1. The number of nitrogens with zero attached hydrogens (tertiary/aromatic N) is 1. The summed E-state index contributed by atoms with van der Waals surface area (Å²) in [5, 5.41) is 7.51. The third-order valence-electron chi connectivity index (χ3n) is 5.30. The van der Waals surface area contributed by atoms with Gasteiger partial charge in [-0.2, -0.15) is 5.10 Å². The smallest absolute Gasteiger partial charge is 0.262 e. The maximum atomic E-state index is 13.0. The monoisotopic (exact) mass is 543 g/mol. The number of ether oxygens (including phenoxy) is 3. The molecule has 0 radical (unpaired) electrons. The quantitative estimate of drug-likeness (QED) is 0.271. The van der Waals surface area contributed by atoms with E-state index >= 15 is 0 Å². The first kappa shape index (κ1) is 27.8. The summed E-state index contributed by atoms with van der Waals surface area (Å²) in [5.41, 5.74) is 3.99. The summed E-state index contributed by atoms with van der Waals surface area (Å²) in [4.78, 5) is 26.0. The van der Waals surface area contributed by atoms with Crippen LogP contribution in [0.2, 0.25) is 10.0 Å². The molecule has 0 saturated carbocycles. The lowest BCUT2D eigenvalue weighted by molar-refractivity contribution is -0.132. The Morgan fingerprint density at radius 2 is 1.70 bits per heavy atom. The van der Waals surface area contributed by atoms with E-state index in [2.05, 4.69) is 15.8 Å². The second kappa shape index (κ2) is 13.5. The summed E-state index contributed by atoms with van der Waals surface area (Å²) in [7, 11) is 3.08. The zero-order chi connectivity index (χ0) is 26.8. The van der Waals surface area contributed by atoms with Crippen molar-refractivity contribution in [3.63, 3.8) is 0 Å². The standard InChI is InChI=1S/C27H27Cl2N3O5/c1-17(37-24-12-10-20(28)14-22(24)29)26(33)31-23(13-18-7-5-4-6-8-18)27(34)32-30-16-19-9-11-21(35-2)15-25(19)36-3/h4-12,14-17,23H,13H2,1-3H3,(H,31,33)(H,32,34)/b30-16-/t17-,23+/m1/s1. The van der Waals surface area contributed by atoms with Crippen molar-refractivity contribution < 1.29 is 23.8 Å². The van der Waals surface area contributed by atoms with Crippen molar-refractivity contribution in [1.82, 2.24) is 10.7 Å². The van der Waals surface area contributed by atoms with Crippen molar-refractivity contribution in [3.05, 3.63) is 87.9 Å². The van der Waals surface area contributed by atoms with E-state index < -0.39 is 24.0 Å². The molecule has 0 spiro atoms. The van der Waals surface area contributed by atoms with Gasteiger partial charge < -0.3 is 19.5 Å². The minimum Gasteiger partial charge on any atom is -0.497 e. The molecule has 0 heterocycles. The van der Waals surface area contributed by atoms with Crippen LogP contribution in [-0.4, -0.2) is 44.4 Å². The van der Waals surface area contributed by atoms with Crippen molar-refractivity contribution >= 4 is 41.2 Å². The third kappa shape index (κ3) is 8.13. The second-order valence-electron chi connectivity index (χ2n) is 7.93. The molecule has 3 aromatic rings. The Kier molecular flexibility index (Phi) is 10.2. The molecule has 0 aliphatic heterocycles. The van der Waals surface area contributed by atoms with Crippen LogP contribution in [0.3, 0.4) is 0 Å². The van der Waals surface area contributed by atoms with Gasteiger partial charge in [-0.05, 0) is 42.8 Å². The highest BCUT2D eigenvalue weighted by molar-refractivity contribution is 6.35. The number of halogens is 2. The molecule has 3 rings (SSSR count). The highest BCUT2D eigenvalue weighted by Crippen LogP contribution is 2.28. The van der Waals surface area contributed by atoms with Crippen LogP contribution in [0.5, 0.6) is 17.2 Å². The van der Waals surface area contributed by atoms with Gasteiger partial charge in [-0.15, -0.1) is 0 Å². The largest absolute Gasteiger partial charge is 0.497 e. The molecule has 2 atom stereocenters. The van der Waals surface area contributed by atoms with Crippen LogP contribution in [0.15, 0.2) is 71.8 Å². The molecular formula is C27H27Cl2N3O5. The van der Waals surface area contributed by atoms with Gasteiger partial charge in [0.25, 0.3) is 11.8 Å². The Labute approximate surface area is 225 Å². The minimum absolute atomic E-state index is 0.244. The fourth-order valence-electron chi connectivity index (χ4n) is 3.33. The van der Waals surface area contributed by atoms with Gasteiger partial charge in [0.2, 0.25) is 0 Å². The van der Waals surface area contributed by atoms with Gasteiger partial charge in [-0.25, -0.2) is 5.43 Å². The van der Waals surface area contributed by atoms with Gasteiger partial charge in [0.05, 0.1) is 25.5 Å². The fourth-order valence-corrected chi connectivity index (χ4v) is 3.78. The van der Waals surface area contributed by atoms with Crippen molar-refractivity contribution in [1.29, 1.82) is 0 Å². The molecule has 0 aromatic heterocycles. The maximum Gasteiger partial charge on any atom is 0.262 e. The summed E-state index contributed by atoms with van der Waals surface area (Å²) in [6.07, 6.45) is 0.761. The second-order valence-corrected chi connectivity index (χ2v) is 8.77. The molecule has 8 nitrogen and oxygen atoms in total. The van der Waals surface area contributed by atoms with Crippen LogP contribution in [0.4, 0.5) is 0 Å². The zero-order valence-electron chi connectivity index (χ0n) is 20.5. The van der Waals surface area contributed by atoms with E-state index in [0.717, 1.165) is 5.56 Å². The van der Waals surface area contributed by atoms with Crippen molar-refractivity contribution in [3.8, 4) is 17.2 Å². The van der Waals surface area contributed by atoms with Crippen LogP contribution in [0.1, 0.15) is 18.1 Å². The number of methoxy groups -OCH3 is 2. The highest BCUT2D eigenvalue weighted by atomic mass is 35.5. The fraction of sp³-hybridized carbons (Fsp3) is 0.222. The zero-order valence-corrected chi connectivity index (χ0v) is 22.0. The van der Waals surface area contributed by atoms with Crippen molar-refractivity contribution in [2.45, 2.75) is 25.5 Å². The van der Waals surface area contributed by atoms with Crippen LogP contribution in [0, 0.1) is 0 Å². The Morgan fingerprint density at radius 1 is 0.946 bits per heavy atom. The van der Waals surface area contributed by atoms with E-state index in [1.807, 2.05) is 30.3 Å². The number of carbonyl (C=O) groups excluding carboxylic acids is 2. The molecule has 194 valence electrons. The van der Waals surface area contributed by atoms with Crippen LogP contribution < -0.4 is 25.0 Å². The lowest BCUT2D eigenvalue weighted by atomic mass is 10.1. The normalized spacial score (nSPS) is 12.5. The SMILES string of the molecule is COc1ccc(/C=N\NC(=O)[C@H](Cc2ccccc2)NC(=O)[C@@H](C)Oc2ccc(Cl)cc2Cl)c(OC)c1. The van der Waals surface area contributed by atoms with Gasteiger partial charge >= 0.3 is 0 Å².